The maximum atomic E-state index is 11.6. The van der Waals surface area contributed by atoms with Crippen molar-refractivity contribution in [3.63, 3.8) is 0 Å². The lowest BCUT2D eigenvalue weighted by molar-refractivity contribution is -0.131. The number of hydrogen-bond donors (Lipinski definition) is 1. The molecular weight excluding hydrogens is 204 g/mol. The first-order valence-electron chi connectivity index (χ1n) is 5.92. The van der Waals surface area contributed by atoms with Crippen LogP contribution >= 0.6 is 0 Å². The second-order valence-electron chi connectivity index (χ2n) is 3.98. The van der Waals surface area contributed by atoms with Gasteiger partial charge in [0.25, 0.3) is 0 Å². The number of nitrogens with one attached hydrogen (secondary N) is 1. The van der Waals surface area contributed by atoms with E-state index in [0.29, 0.717) is 19.5 Å². The Labute approximate surface area is 96.7 Å². The molecule has 0 bridgehead atoms. The Bertz CT molecular complexity index is 274. The molecule has 0 aromatic rings. The maximum Gasteiger partial charge on any atom is 0.243 e. The van der Waals surface area contributed by atoms with Crippen LogP contribution in [0.3, 0.4) is 0 Å². The Kier molecular flexibility index (Phi) is 5.61. The molecule has 16 heavy (non-hydrogen) atoms. The summed E-state index contributed by atoms with van der Waals surface area (Å²) in [6.45, 7) is 3.80. The number of likely N-dealkylation sites (tertiary alicyclic amines) is 1. The van der Waals surface area contributed by atoms with E-state index < -0.39 is 0 Å². The van der Waals surface area contributed by atoms with Gasteiger partial charge in [-0.15, -0.1) is 0 Å². The molecule has 1 aliphatic rings. The molecule has 0 aromatic heterocycles. The van der Waals surface area contributed by atoms with E-state index in [0.717, 1.165) is 25.8 Å². The van der Waals surface area contributed by atoms with Crippen LogP contribution in [0.25, 0.3) is 0 Å². The molecule has 1 N–H and O–H groups in total. The molecule has 0 saturated carbocycles. The van der Waals surface area contributed by atoms with Gasteiger partial charge in [-0.25, -0.2) is 0 Å². The van der Waals surface area contributed by atoms with Crippen molar-refractivity contribution in [2.75, 3.05) is 19.6 Å². The molecule has 2 amide bonds. The highest BCUT2D eigenvalue weighted by molar-refractivity contribution is 5.87. The highest BCUT2D eigenvalue weighted by Crippen LogP contribution is 2.10. The Hall–Kier alpha value is -1.32. The van der Waals surface area contributed by atoms with Gasteiger partial charge in [0.2, 0.25) is 11.8 Å². The zero-order valence-corrected chi connectivity index (χ0v) is 9.87. The normalized spacial score (nSPS) is 17.6. The minimum atomic E-state index is -0.0928. The van der Waals surface area contributed by atoms with Crippen molar-refractivity contribution < 1.29 is 9.59 Å². The summed E-state index contributed by atoms with van der Waals surface area (Å²) in [7, 11) is 0. The van der Waals surface area contributed by atoms with E-state index in [4.69, 9.17) is 0 Å². The predicted molar refractivity (Wildman–Crippen MR) is 62.9 cm³/mol. The molecule has 1 aliphatic heterocycles. The Morgan fingerprint density at radius 1 is 1.44 bits per heavy atom. The third kappa shape index (κ3) is 4.47. The van der Waals surface area contributed by atoms with Crippen LogP contribution in [0.15, 0.2) is 12.2 Å². The summed E-state index contributed by atoms with van der Waals surface area (Å²) >= 11 is 0. The molecule has 1 heterocycles. The van der Waals surface area contributed by atoms with Crippen molar-refractivity contribution in [3.8, 4) is 0 Å². The minimum absolute atomic E-state index is 0.0928. The Morgan fingerprint density at radius 2 is 2.25 bits per heavy atom. The van der Waals surface area contributed by atoms with Crippen LogP contribution < -0.4 is 5.32 Å². The minimum Gasteiger partial charge on any atom is -0.351 e. The summed E-state index contributed by atoms with van der Waals surface area (Å²) < 4.78 is 0. The molecule has 1 rings (SSSR count). The van der Waals surface area contributed by atoms with Crippen molar-refractivity contribution in [3.05, 3.63) is 12.2 Å². The molecule has 90 valence electrons. The number of hydrogen-bond acceptors (Lipinski definition) is 2. The number of nitrogens with zero attached hydrogens (tertiary/aromatic N) is 1. The van der Waals surface area contributed by atoms with Crippen LogP contribution in [-0.2, 0) is 9.59 Å². The number of carbonyl (C=O) groups excluding carboxylic acids is 2. The third-order valence-electron chi connectivity index (χ3n) is 2.67. The monoisotopic (exact) mass is 224 g/mol. The zero-order valence-electron chi connectivity index (χ0n) is 9.87. The largest absolute Gasteiger partial charge is 0.351 e. The molecule has 4 heteroatoms. The van der Waals surface area contributed by atoms with Crippen molar-refractivity contribution in [1.29, 1.82) is 0 Å². The molecule has 0 aliphatic carbocycles. The molecule has 0 spiro atoms. The van der Waals surface area contributed by atoms with E-state index in [1.165, 1.54) is 6.08 Å². The van der Waals surface area contributed by atoms with Crippen molar-refractivity contribution >= 4 is 11.8 Å². The van der Waals surface area contributed by atoms with Crippen LogP contribution in [-0.4, -0.2) is 36.3 Å². The Balaban J connectivity index is 2.25. The van der Waals surface area contributed by atoms with Crippen LogP contribution in [0.1, 0.15) is 32.6 Å². The molecule has 0 atom stereocenters. The van der Waals surface area contributed by atoms with Crippen LogP contribution in [0.4, 0.5) is 0 Å². The summed E-state index contributed by atoms with van der Waals surface area (Å²) in [6, 6.07) is 0. The van der Waals surface area contributed by atoms with Crippen LogP contribution in [0.2, 0.25) is 0 Å². The van der Waals surface area contributed by atoms with Gasteiger partial charge in [-0.3, -0.25) is 9.59 Å². The average Bonchev–Trinajstić information content (AvgIpc) is 2.45. The van der Waals surface area contributed by atoms with Gasteiger partial charge in [0, 0.05) is 26.1 Å². The molecule has 0 aromatic carbocycles. The van der Waals surface area contributed by atoms with Crippen molar-refractivity contribution in [2.24, 2.45) is 0 Å². The lowest BCUT2D eigenvalue weighted by Gasteiger charge is -2.20. The highest BCUT2D eigenvalue weighted by Gasteiger charge is 2.15. The summed E-state index contributed by atoms with van der Waals surface area (Å²) in [5, 5.41) is 2.75. The fraction of sp³-hybridized carbons (Fsp3) is 0.667. The lowest BCUT2D eigenvalue weighted by atomic mass is 10.2. The van der Waals surface area contributed by atoms with E-state index >= 15 is 0 Å². The molecule has 1 saturated heterocycles. The highest BCUT2D eigenvalue weighted by atomic mass is 16.2. The Morgan fingerprint density at radius 3 is 3.00 bits per heavy atom. The maximum absolute atomic E-state index is 11.6. The summed E-state index contributed by atoms with van der Waals surface area (Å²) in [5.41, 5.74) is 0. The van der Waals surface area contributed by atoms with Gasteiger partial charge >= 0.3 is 0 Å². The SMILES string of the molecule is C/C=C\C(=O)NCCN1CCCCCC1=O. The third-order valence-corrected chi connectivity index (χ3v) is 2.67. The van der Waals surface area contributed by atoms with Crippen LogP contribution in [0, 0.1) is 0 Å². The summed E-state index contributed by atoms with van der Waals surface area (Å²) in [5.74, 6) is 0.127. The smallest absolute Gasteiger partial charge is 0.243 e. The fourth-order valence-electron chi connectivity index (χ4n) is 1.80. The molecule has 4 nitrogen and oxygen atoms in total. The van der Waals surface area contributed by atoms with Gasteiger partial charge in [0.15, 0.2) is 0 Å². The topological polar surface area (TPSA) is 49.4 Å². The van der Waals surface area contributed by atoms with Crippen molar-refractivity contribution in [2.45, 2.75) is 32.6 Å². The van der Waals surface area contributed by atoms with E-state index in [1.54, 1.807) is 13.0 Å². The predicted octanol–water partition coefficient (Wildman–Crippen LogP) is 1.08. The van der Waals surface area contributed by atoms with Gasteiger partial charge in [-0.2, -0.15) is 0 Å². The van der Waals surface area contributed by atoms with Gasteiger partial charge in [-0.1, -0.05) is 12.5 Å². The summed E-state index contributed by atoms with van der Waals surface area (Å²) in [4.78, 5) is 24.6. The van der Waals surface area contributed by atoms with E-state index in [9.17, 15) is 9.59 Å². The number of allylic oxidation sites excluding steroid dienone is 1. The molecule has 0 unspecified atom stereocenters. The number of rotatable bonds is 4. The summed E-state index contributed by atoms with van der Waals surface area (Å²) in [6.07, 6.45) is 7.06. The number of amides is 2. The lowest BCUT2D eigenvalue weighted by Crippen LogP contribution is -2.37. The fourth-order valence-corrected chi connectivity index (χ4v) is 1.80. The second-order valence-corrected chi connectivity index (χ2v) is 3.98. The van der Waals surface area contributed by atoms with Crippen LogP contribution in [0.5, 0.6) is 0 Å². The van der Waals surface area contributed by atoms with E-state index in [2.05, 4.69) is 5.32 Å². The standard InChI is InChI=1S/C12H20N2O2/c1-2-6-11(15)13-8-10-14-9-5-3-4-7-12(14)16/h2,6H,3-5,7-10H2,1H3,(H,13,15)/b6-2-. The first-order chi connectivity index (χ1) is 7.74. The van der Waals surface area contributed by atoms with Gasteiger partial charge in [0.05, 0.1) is 0 Å². The van der Waals surface area contributed by atoms with E-state index in [-0.39, 0.29) is 11.8 Å². The molecule has 0 radical (unpaired) electrons. The molecule has 1 fully saturated rings. The quantitative estimate of drug-likeness (QED) is 0.726. The first-order valence-corrected chi connectivity index (χ1v) is 5.92. The average molecular weight is 224 g/mol. The van der Waals surface area contributed by atoms with E-state index in [1.807, 2.05) is 4.90 Å². The molecular formula is C12H20N2O2. The number of carbonyl (C=O) groups is 2. The van der Waals surface area contributed by atoms with Gasteiger partial charge in [0.1, 0.15) is 0 Å². The first kappa shape index (κ1) is 12.7. The second kappa shape index (κ2) is 7.04. The van der Waals surface area contributed by atoms with Gasteiger partial charge < -0.3 is 10.2 Å². The van der Waals surface area contributed by atoms with Gasteiger partial charge in [-0.05, 0) is 25.8 Å². The zero-order chi connectivity index (χ0) is 11.8. The van der Waals surface area contributed by atoms with Crippen molar-refractivity contribution in [1.82, 2.24) is 10.2 Å².